The van der Waals surface area contributed by atoms with Gasteiger partial charge in [-0.15, -0.1) is 0 Å². The molecule has 30 heavy (non-hydrogen) atoms. The summed E-state index contributed by atoms with van der Waals surface area (Å²) in [5, 5.41) is 0. The first-order chi connectivity index (χ1) is 14.5. The largest absolute Gasteiger partial charge is 0.462 e. The molecule has 2 aromatic rings. The number of benzene rings is 2. The van der Waals surface area contributed by atoms with E-state index in [0.717, 1.165) is 15.6 Å². The van der Waals surface area contributed by atoms with Crippen LogP contribution in [0.3, 0.4) is 0 Å². The Morgan fingerprint density at radius 3 is 2.47 bits per heavy atom. The molecule has 1 heterocycles. The van der Waals surface area contributed by atoms with Crippen LogP contribution in [-0.4, -0.2) is 18.4 Å². The summed E-state index contributed by atoms with van der Waals surface area (Å²) in [6, 6.07) is 17.4. The van der Waals surface area contributed by atoms with Gasteiger partial charge in [-0.3, -0.25) is 4.79 Å². The second kappa shape index (κ2) is 8.48. The highest BCUT2D eigenvalue weighted by atomic mass is 79.9. The van der Waals surface area contributed by atoms with E-state index in [-0.39, 0.29) is 29.8 Å². The lowest BCUT2D eigenvalue weighted by Gasteiger charge is -2.35. The average molecular weight is 468 g/mol. The molecule has 2 aliphatic rings. The summed E-state index contributed by atoms with van der Waals surface area (Å²) in [4.78, 5) is 26.1. The molecule has 0 aromatic heterocycles. The topological polar surface area (TPSA) is 78.6 Å². The van der Waals surface area contributed by atoms with Gasteiger partial charge in [0.2, 0.25) is 5.88 Å². The first-order valence-electron chi connectivity index (χ1n) is 9.90. The van der Waals surface area contributed by atoms with E-state index in [4.69, 9.17) is 15.2 Å². The third-order valence-corrected chi connectivity index (χ3v) is 6.04. The number of hydrogen-bond donors (Lipinski definition) is 1. The summed E-state index contributed by atoms with van der Waals surface area (Å²) < 4.78 is 12.0. The summed E-state index contributed by atoms with van der Waals surface area (Å²) in [5.41, 5.74) is 8.77. The fourth-order valence-electron chi connectivity index (χ4n) is 4.16. The van der Waals surface area contributed by atoms with E-state index in [0.29, 0.717) is 24.2 Å². The zero-order valence-corrected chi connectivity index (χ0v) is 18.1. The fraction of sp³-hybridized carbons (Fsp3) is 0.250. The van der Waals surface area contributed by atoms with Crippen LogP contribution in [0.15, 0.2) is 81.9 Å². The van der Waals surface area contributed by atoms with Crippen molar-refractivity contribution in [3.63, 3.8) is 0 Å². The molecule has 4 rings (SSSR count). The monoisotopic (exact) mass is 467 g/mol. The van der Waals surface area contributed by atoms with Crippen molar-refractivity contribution in [1.29, 1.82) is 0 Å². The predicted molar refractivity (Wildman–Crippen MR) is 116 cm³/mol. The maximum atomic E-state index is 13.3. The second-order valence-electron chi connectivity index (χ2n) is 7.36. The normalized spacial score (nSPS) is 21.2. The van der Waals surface area contributed by atoms with Crippen molar-refractivity contribution in [3.8, 4) is 0 Å². The number of allylic oxidation sites excluding steroid dienone is 2. The number of esters is 1. The van der Waals surface area contributed by atoms with E-state index in [1.807, 2.05) is 54.6 Å². The molecule has 0 unspecified atom stereocenters. The van der Waals surface area contributed by atoms with Gasteiger partial charge >= 0.3 is 5.97 Å². The standard InChI is InChI=1S/C24H22BrNO4/c1-2-29-24(28)22-20(15-8-10-17(25)11-9-15)21-18(27)12-16(13-19(21)30-23(22)26)14-6-4-3-5-7-14/h3-11,16,20H,2,12-13,26H2,1H3/t16-,20+/m1/s1. The van der Waals surface area contributed by atoms with Crippen LogP contribution in [0.2, 0.25) is 0 Å². The second-order valence-corrected chi connectivity index (χ2v) is 8.28. The summed E-state index contributed by atoms with van der Waals surface area (Å²) in [6.45, 7) is 1.94. The molecule has 0 radical (unpaired) electrons. The van der Waals surface area contributed by atoms with Gasteiger partial charge in [-0.25, -0.2) is 4.79 Å². The number of ether oxygens (including phenoxy) is 2. The minimum absolute atomic E-state index is 0.00151. The van der Waals surface area contributed by atoms with Gasteiger partial charge in [0, 0.05) is 22.9 Å². The molecule has 0 fully saturated rings. The van der Waals surface area contributed by atoms with Crippen LogP contribution in [0.25, 0.3) is 0 Å². The van der Waals surface area contributed by atoms with E-state index in [1.165, 1.54) is 0 Å². The summed E-state index contributed by atoms with van der Waals surface area (Å²) >= 11 is 3.43. The van der Waals surface area contributed by atoms with Crippen molar-refractivity contribution in [2.75, 3.05) is 6.61 Å². The number of nitrogens with two attached hydrogens (primary N) is 1. The summed E-state index contributed by atoms with van der Waals surface area (Å²) in [7, 11) is 0. The predicted octanol–water partition coefficient (Wildman–Crippen LogP) is 4.70. The maximum Gasteiger partial charge on any atom is 0.340 e. The van der Waals surface area contributed by atoms with Gasteiger partial charge in [0.05, 0.1) is 12.5 Å². The molecule has 2 aromatic carbocycles. The van der Waals surface area contributed by atoms with Crippen LogP contribution < -0.4 is 5.73 Å². The number of hydrogen-bond acceptors (Lipinski definition) is 5. The van der Waals surface area contributed by atoms with Crippen molar-refractivity contribution in [3.05, 3.63) is 93.0 Å². The quantitative estimate of drug-likeness (QED) is 0.659. The Hall–Kier alpha value is -2.86. The number of carbonyl (C=O) groups is 2. The molecule has 0 spiro atoms. The van der Waals surface area contributed by atoms with Crippen molar-refractivity contribution < 1.29 is 19.1 Å². The van der Waals surface area contributed by atoms with Gasteiger partial charge in [-0.2, -0.15) is 0 Å². The van der Waals surface area contributed by atoms with Crippen LogP contribution in [0, 0.1) is 0 Å². The molecule has 5 nitrogen and oxygen atoms in total. The zero-order chi connectivity index (χ0) is 21.3. The lowest BCUT2D eigenvalue weighted by Crippen LogP contribution is -2.33. The van der Waals surface area contributed by atoms with Gasteiger partial charge in [0.1, 0.15) is 11.3 Å². The lowest BCUT2D eigenvalue weighted by atomic mass is 9.73. The Morgan fingerprint density at radius 2 is 1.80 bits per heavy atom. The molecule has 6 heteroatoms. The van der Waals surface area contributed by atoms with Gasteiger partial charge < -0.3 is 15.2 Å². The Bertz CT molecular complexity index is 1040. The maximum absolute atomic E-state index is 13.3. The number of carbonyl (C=O) groups excluding carboxylic acids is 2. The van der Waals surface area contributed by atoms with Crippen molar-refractivity contribution in [2.45, 2.75) is 31.6 Å². The molecule has 2 N–H and O–H groups in total. The van der Waals surface area contributed by atoms with E-state index in [2.05, 4.69) is 15.9 Å². The number of rotatable bonds is 4. The minimum atomic E-state index is -0.606. The van der Waals surface area contributed by atoms with Gasteiger partial charge in [-0.05, 0) is 36.1 Å². The molecule has 154 valence electrons. The van der Waals surface area contributed by atoms with Crippen LogP contribution in [0.5, 0.6) is 0 Å². The van der Waals surface area contributed by atoms with E-state index in [1.54, 1.807) is 6.92 Å². The highest BCUT2D eigenvalue weighted by Gasteiger charge is 2.43. The fourth-order valence-corrected chi connectivity index (χ4v) is 4.43. The molecular weight excluding hydrogens is 446 g/mol. The average Bonchev–Trinajstić information content (AvgIpc) is 2.74. The smallest absolute Gasteiger partial charge is 0.340 e. The third kappa shape index (κ3) is 3.79. The van der Waals surface area contributed by atoms with Crippen LogP contribution in [0.1, 0.15) is 42.7 Å². The molecule has 2 atom stereocenters. The summed E-state index contributed by atoms with van der Waals surface area (Å²) in [5.74, 6) is -0.648. The number of ketones is 1. The highest BCUT2D eigenvalue weighted by molar-refractivity contribution is 9.10. The molecule has 0 saturated carbocycles. The zero-order valence-electron chi connectivity index (χ0n) is 16.6. The highest BCUT2D eigenvalue weighted by Crippen LogP contribution is 2.47. The first kappa shape index (κ1) is 20.4. The van der Waals surface area contributed by atoms with E-state index >= 15 is 0 Å². The molecular formula is C24H22BrNO4. The van der Waals surface area contributed by atoms with Crippen LogP contribution in [-0.2, 0) is 19.1 Å². The minimum Gasteiger partial charge on any atom is -0.462 e. The Kier molecular flexibility index (Phi) is 5.77. The van der Waals surface area contributed by atoms with Gasteiger partial charge in [0.15, 0.2) is 5.78 Å². The first-order valence-corrected chi connectivity index (χ1v) is 10.7. The molecule has 0 amide bonds. The number of Topliss-reactive ketones (excluding diaryl/α,β-unsaturated/α-hetero) is 1. The van der Waals surface area contributed by atoms with Gasteiger partial charge in [0.25, 0.3) is 0 Å². The van der Waals surface area contributed by atoms with Gasteiger partial charge in [-0.1, -0.05) is 58.4 Å². The Labute approximate surface area is 183 Å². The van der Waals surface area contributed by atoms with Crippen molar-refractivity contribution >= 4 is 27.7 Å². The molecule has 1 aliphatic heterocycles. The van der Waals surface area contributed by atoms with Crippen LogP contribution in [0.4, 0.5) is 0 Å². The Balaban J connectivity index is 1.80. The van der Waals surface area contributed by atoms with E-state index < -0.39 is 11.9 Å². The van der Waals surface area contributed by atoms with Crippen LogP contribution >= 0.6 is 15.9 Å². The molecule has 0 saturated heterocycles. The van der Waals surface area contributed by atoms with Crippen molar-refractivity contribution in [2.24, 2.45) is 5.73 Å². The molecule has 0 bridgehead atoms. The SMILES string of the molecule is CCOC(=O)C1=C(N)OC2=C(C(=O)C[C@@H](c3ccccc3)C2)[C@@H]1c1ccc(Br)cc1. The van der Waals surface area contributed by atoms with E-state index in [9.17, 15) is 9.59 Å². The summed E-state index contributed by atoms with van der Waals surface area (Å²) in [6.07, 6.45) is 0.907. The Morgan fingerprint density at radius 1 is 1.10 bits per heavy atom. The third-order valence-electron chi connectivity index (χ3n) is 5.51. The number of halogens is 1. The lowest BCUT2D eigenvalue weighted by molar-refractivity contribution is -0.139. The van der Waals surface area contributed by atoms with Crippen molar-refractivity contribution in [1.82, 2.24) is 0 Å². The molecule has 1 aliphatic carbocycles.